The molecule has 0 aliphatic rings. The first-order chi connectivity index (χ1) is 9.35. The number of nitrogens with zero attached hydrogens (tertiary/aromatic N) is 4. The third-order valence-electron chi connectivity index (χ3n) is 2.93. The van der Waals surface area contributed by atoms with E-state index >= 15 is 0 Å². The molecule has 0 aliphatic carbocycles. The zero-order chi connectivity index (χ0) is 14.8. The number of hydrogen-bond donors (Lipinski definition) is 1. The van der Waals surface area contributed by atoms with Gasteiger partial charge in [-0.2, -0.15) is 5.10 Å². The van der Waals surface area contributed by atoms with Gasteiger partial charge >= 0.3 is 0 Å². The Morgan fingerprint density at radius 2 is 1.95 bits per heavy atom. The van der Waals surface area contributed by atoms with E-state index in [-0.39, 0.29) is 5.54 Å². The van der Waals surface area contributed by atoms with Crippen molar-refractivity contribution in [1.29, 1.82) is 0 Å². The summed E-state index contributed by atoms with van der Waals surface area (Å²) < 4.78 is 1.77. The van der Waals surface area contributed by atoms with Gasteiger partial charge in [-0.1, -0.05) is 13.8 Å². The monoisotopic (exact) mass is 273 g/mol. The normalized spacial score (nSPS) is 12.1. The van der Waals surface area contributed by atoms with Gasteiger partial charge in [0.05, 0.1) is 23.8 Å². The molecule has 0 fully saturated rings. The molecule has 0 spiro atoms. The standard InChI is InChI=1S/C15H23N5/c1-11(2)13-6-7-20(19-13)14-10-16-12(8-17-14)9-18-15(3,4)5/h6-8,10-11,18H,9H2,1-5H3. The van der Waals surface area contributed by atoms with Crippen LogP contribution in [0.2, 0.25) is 0 Å². The molecule has 0 bridgehead atoms. The Morgan fingerprint density at radius 1 is 1.20 bits per heavy atom. The molecule has 0 aliphatic heterocycles. The summed E-state index contributed by atoms with van der Waals surface area (Å²) in [5.74, 6) is 1.16. The average Bonchev–Trinajstić information content (AvgIpc) is 2.86. The lowest BCUT2D eigenvalue weighted by Crippen LogP contribution is -2.35. The van der Waals surface area contributed by atoms with E-state index < -0.39 is 0 Å². The van der Waals surface area contributed by atoms with Crippen molar-refractivity contribution in [2.75, 3.05) is 0 Å². The lowest BCUT2D eigenvalue weighted by Gasteiger charge is -2.19. The first-order valence-corrected chi connectivity index (χ1v) is 6.97. The minimum absolute atomic E-state index is 0.0779. The van der Waals surface area contributed by atoms with Crippen LogP contribution >= 0.6 is 0 Å². The van der Waals surface area contributed by atoms with Crippen molar-refractivity contribution in [2.45, 2.75) is 52.6 Å². The summed E-state index contributed by atoms with van der Waals surface area (Å²) in [7, 11) is 0. The van der Waals surface area contributed by atoms with E-state index in [2.05, 4.69) is 55.0 Å². The van der Waals surface area contributed by atoms with Crippen LogP contribution in [0.4, 0.5) is 0 Å². The number of rotatable bonds is 4. The minimum Gasteiger partial charge on any atom is -0.306 e. The highest BCUT2D eigenvalue weighted by molar-refractivity contribution is 5.19. The third-order valence-corrected chi connectivity index (χ3v) is 2.93. The van der Waals surface area contributed by atoms with Gasteiger partial charge in [-0.3, -0.25) is 4.98 Å². The van der Waals surface area contributed by atoms with Gasteiger partial charge in [0.15, 0.2) is 5.82 Å². The zero-order valence-electron chi connectivity index (χ0n) is 12.9. The molecule has 0 saturated heterocycles. The van der Waals surface area contributed by atoms with Gasteiger partial charge in [0, 0.05) is 18.3 Å². The second kappa shape index (κ2) is 5.71. The smallest absolute Gasteiger partial charge is 0.171 e. The van der Waals surface area contributed by atoms with Gasteiger partial charge in [0.25, 0.3) is 0 Å². The van der Waals surface area contributed by atoms with Crippen LogP contribution in [0.5, 0.6) is 0 Å². The Balaban J connectivity index is 2.07. The van der Waals surface area contributed by atoms with Crippen molar-refractivity contribution in [1.82, 2.24) is 25.1 Å². The molecule has 5 nitrogen and oxygen atoms in total. The van der Waals surface area contributed by atoms with Crippen molar-refractivity contribution in [3.05, 3.63) is 36.0 Å². The van der Waals surface area contributed by atoms with Gasteiger partial charge in [-0.05, 0) is 32.8 Å². The zero-order valence-corrected chi connectivity index (χ0v) is 12.9. The highest BCUT2D eigenvalue weighted by Crippen LogP contribution is 2.12. The van der Waals surface area contributed by atoms with E-state index in [1.54, 1.807) is 17.1 Å². The molecular weight excluding hydrogens is 250 g/mol. The molecule has 20 heavy (non-hydrogen) atoms. The summed E-state index contributed by atoms with van der Waals surface area (Å²) in [5, 5.41) is 7.88. The van der Waals surface area contributed by atoms with Crippen LogP contribution in [0.15, 0.2) is 24.7 Å². The van der Waals surface area contributed by atoms with Crippen LogP contribution in [0.25, 0.3) is 5.82 Å². The first kappa shape index (κ1) is 14.7. The largest absolute Gasteiger partial charge is 0.306 e. The molecule has 2 rings (SSSR count). The van der Waals surface area contributed by atoms with E-state index in [9.17, 15) is 0 Å². The van der Waals surface area contributed by atoms with Crippen LogP contribution in [0, 0.1) is 0 Å². The summed E-state index contributed by atoms with van der Waals surface area (Å²) in [6, 6.07) is 2.02. The maximum Gasteiger partial charge on any atom is 0.171 e. The molecule has 0 radical (unpaired) electrons. The van der Waals surface area contributed by atoms with Gasteiger partial charge in [-0.25, -0.2) is 9.67 Å². The fourth-order valence-electron chi connectivity index (χ4n) is 1.69. The van der Waals surface area contributed by atoms with E-state index in [4.69, 9.17) is 0 Å². The van der Waals surface area contributed by atoms with E-state index in [1.165, 1.54) is 0 Å². The summed E-state index contributed by atoms with van der Waals surface area (Å²) in [4.78, 5) is 8.85. The Bertz CT molecular complexity index is 548. The molecule has 108 valence electrons. The SMILES string of the molecule is CC(C)c1ccn(-c2cnc(CNC(C)(C)C)cn2)n1. The highest BCUT2D eigenvalue weighted by Gasteiger charge is 2.10. The van der Waals surface area contributed by atoms with Crippen LogP contribution in [0.1, 0.15) is 51.9 Å². The van der Waals surface area contributed by atoms with Crippen LogP contribution in [-0.4, -0.2) is 25.3 Å². The van der Waals surface area contributed by atoms with Crippen molar-refractivity contribution in [2.24, 2.45) is 0 Å². The Hall–Kier alpha value is -1.75. The predicted octanol–water partition coefficient (Wildman–Crippen LogP) is 2.67. The molecule has 0 saturated carbocycles. The average molecular weight is 273 g/mol. The molecule has 1 N–H and O–H groups in total. The molecule has 0 amide bonds. The van der Waals surface area contributed by atoms with Gasteiger partial charge in [0.1, 0.15) is 0 Å². The maximum absolute atomic E-state index is 4.49. The lowest BCUT2D eigenvalue weighted by molar-refractivity contribution is 0.421. The van der Waals surface area contributed by atoms with Gasteiger partial charge in [0.2, 0.25) is 0 Å². The molecule has 5 heteroatoms. The molecule has 0 unspecified atom stereocenters. The first-order valence-electron chi connectivity index (χ1n) is 6.97. The summed E-state index contributed by atoms with van der Waals surface area (Å²) >= 11 is 0. The van der Waals surface area contributed by atoms with E-state index in [0.29, 0.717) is 12.5 Å². The summed E-state index contributed by atoms with van der Waals surface area (Å²) in [5.41, 5.74) is 2.07. The Morgan fingerprint density at radius 3 is 2.45 bits per heavy atom. The highest BCUT2D eigenvalue weighted by atomic mass is 15.3. The molecule has 2 aromatic rings. The fraction of sp³-hybridized carbons (Fsp3) is 0.533. The Kier molecular flexibility index (Phi) is 4.18. The van der Waals surface area contributed by atoms with E-state index in [1.807, 2.05) is 12.3 Å². The molecule has 2 aromatic heterocycles. The minimum atomic E-state index is 0.0779. The van der Waals surface area contributed by atoms with Crippen LogP contribution in [-0.2, 0) is 6.54 Å². The van der Waals surface area contributed by atoms with Gasteiger partial charge < -0.3 is 5.32 Å². The van der Waals surface area contributed by atoms with Gasteiger partial charge in [-0.15, -0.1) is 0 Å². The fourth-order valence-corrected chi connectivity index (χ4v) is 1.69. The van der Waals surface area contributed by atoms with Crippen molar-refractivity contribution >= 4 is 0 Å². The number of nitrogens with one attached hydrogen (secondary N) is 1. The summed E-state index contributed by atoms with van der Waals surface area (Å²) in [6.45, 7) is 11.4. The second-order valence-corrected chi connectivity index (χ2v) is 6.31. The quantitative estimate of drug-likeness (QED) is 0.930. The van der Waals surface area contributed by atoms with Crippen molar-refractivity contribution in [3.63, 3.8) is 0 Å². The topological polar surface area (TPSA) is 55.6 Å². The molecule has 2 heterocycles. The maximum atomic E-state index is 4.49. The predicted molar refractivity (Wildman–Crippen MR) is 79.8 cm³/mol. The number of aromatic nitrogens is 4. The Labute approximate surface area is 120 Å². The second-order valence-electron chi connectivity index (χ2n) is 6.31. The van der Waals surface area contributed by atoms with Crippen molar-refractivity contribution < 1.29 is 0 Å². The van der Waals surface area contributed by atoms with E-state index in [0.717, 1.165) is 17.2 Å². The lowest BCUT2D eigenvalue weighted by atomic mass is 10.1. The molecule has 0 aromatic carbocycles. The summed E-state index contributed by atoms with van der Waals surface area (Å²) in [6.07, 6.45) is 5.48. The third kappa shape index (κ3) is 3.87. The molecular formula is C15H23N5. The van der Waals surface area contributed by atoms with Crippen LogP contribution < -0.4 is 5.32 Å². The van der Waals surface area contributed by atoms with Crippen LogP contribution in [0.3, 0.4) is 0 Å². The number of hydrogen-bond acceptors (Lipinski definition) is 4. The molecule has 0 atom stereocenters. The van der Waals surface area contributed by atoms with Crippen molar-refractivity contribution in [3.8, 4) is 5.82 Å².